The average molecular weight is 363 g/mol. The van der Waals surface area contributed by atoms with E-state index in [1.54, 1.807) is 12.4 Å². The number of aliphatic hydroxyl groups is 1. The molecule has 1 aromatic carbocycles. The van der Waals surface area contributed by atoms with Crippen LogP contribution in [0.2, 0.25) is 0 Å². The van der Waals surface area contributed by atoms with Gasteiger partial charge in [-0.05, 0) is 35.6 Å². The molecule has 5 rings (SSSR count). The number of esters is 1. The van der Waals surface area contributed by atoms with Crippen molar-refractivity contribution in [2.24, 2.45) is 0 Å². The SMILES string of the molecule is COC(=O)c1cncc2c1C[C@@H]1c3[nH]c4ccccc4c3CCN1C2CO. The highest BCUT2D eigenvalue weighted by Gasteiger charge is 2.41. The summed E-state index contributed by atoms with van der Waals surface area (Å²) in [6, 6.07) is 8.28. The van der Waals surface area contributed by atoms with Gasteiger partial charge in [0.25, 0.3) is 0 Å². The van der Waals surface area contributed by atoms with Crippen LogP contribution in [0.1, 0.15) is 44.8 Å². The first-order valence-corrected chi connectivity index (χ1v) is 9.24. The lowest BCUT2D eigenvalue weighted by Gasteiger charge is -2.45. The fourth-order valence-corrected chi connectivity index (χ4v) is 4.81. The van der Waals surface area contributed by atoms with Gasteiger partial charge in [0.1, 0.15) is 0 Å². The zero-order chi connectivity index (χ0) is 18.5. The molecule has 6 heteroatoms. The number of aromatic nitrogens is 2. The number of nitrogens with one attached hydrogen (secondary N) is 1. The molecule has 2 aromatic heterocycles. The van der Waals surface area contributed by atoms with Gasteiger partial charge in [-0.1, -0.05) is 18.2 Å². The minimum Gasteiger partial charge on any atom is -0.465 e. The Labute approximate surface area is 156 Å². The van der Waals surface area contributed by atoms with Gasteiger partial charge in [0, 0.05) is 35.5 Å². The first-order chi connectivity index (χ1) is 13.2. The summed E-state index contributed by atoms with van der Waals surface area (Å²) in [7, 11) is 1.39. The number of ether oxygens (including phenoxy) is 1. The van der Waals surface area contributed by atoms with Crippen LogP contribution in [0.5, 0.6) is 0 Å². The van der Waals surface area contributed by atoms with Crippen molar-refractivity contribution in [3.8, 4) is 0 Å². The number of hydrogen-bond donors (Lipinski definition) is 2. The Kier molecular flexibility index (Phi) is 3.77. The van der Waals surface area contributed by atoms with Crippen LogP contribution in [0, 0.1) is 0 Å². The van der Waals surface area contributed by atoms with Crippen LogP contribution in [0.15, 0.2) is 36.7 Å². The lowest BCUT2D eigenvalue weighted by Crippen LogP contribution is -2.44. The molecule has 2 N–H and O–H groups in total. The van der Waals surface area contributed by atoms with Gasteiger partial charge in [-0.15, -0.1) is 0 Å². The van der Waals surface area contributed by atoms with Crippen LogP contribution in [-0.2, 0) is 17.6 Å². The van der Waals surface area contributed by atoms with Crippen molar-refractivity contribution in [1.29, 1.82) is 0 Å². The molecule has 0 amide bonds. The molecule has 2 aliphatic rings. The van der Waals surface area contributed by atoms with Gasteiger partial charge in [-0.2, -0.15) is 0 Å². The van der Waals surface area contributed by atoms with E-state index >= 15 is 0 Å². The molecule has 27 heavy (non-hydrogen) atoms. The van der Waals surface area contributed by atoms with Crippen molar-refractivity contribution < 1.29 is 14.6 Å². The molecule has 0 bridgehead atoms. The summed E-state index contributed by atoms with van der Waals surface area (Å²) < 4.78 is 4.96. The fraction of sp³-hybridized carbons (Fsp3) is 0.333. The molecular weight excluding hydrogens is 342 g/mol. The average Bonchev–Trinajstić information content (AvgIpc) is 3.10. The van der Waals surface area contributed by atoms with Crippen LogP contribution in [0.4, 0.5) is 0 Å². The Hall–Kier alpha value is -2.70. The molecular formula is C21H21N3O3. The second kappa shape index (κ2) is 6.18. The second-order valence-electron chi connectivity index (χ2n) is 7.22. The Bertz CT molecular complexity index is 1040. The molecule has 0 radical (unpaired) electrons. The number of fused-ring (bicyclic) bond motifs is 6. The van der Waals surface area contributed by atoms with E-state index in [4.69, 9.17) is 4.74 Å². The monoisotopic (exact) mass is 363 g/mol. The third kappa shape index (κ3) is 2.33. The predicted octanol–water partition coefficient (Wildman–Crippen LogP) is 2.54. The summed E-state index contributed by atoms with van der Waals surface area (Å²) in [5, 5.41) is 11.4. The number of hydrogen-bond acceptors (Lipinski definition) is 5. The highest BCUT2D eigenvalue weighted by molar-refractivity contribution is 5.91. The standard InChI is InChI=1S/C21H21N3O3/c1-27-21(26)16-10-22-9-15-14(16)8-18-20-13(6-7-24(18)19(15)11-25)12-4-2-3-5-17(12)23-20/h2-5,9-10,18-19,23,25H,6-8,11H2,1H3/t18-,19?/m1/s1. The number of benzene rings is 1. The van der Waals surface area contributed by atoms with Gasteiger partial charge in [-0.3, -0.25) is 9.88 Å². The molecule has 2 atom stereocenters. The Balaban J connectivity index is 1.68. The van der Waals surface area contributed by atoms with E-state index < -0.39 is 0 Å². The number of para-hydroxylation sites is 1. The summed E-state index contributed by atoms with van der Waals surface area (Å²) in [5.74, 6) is -0.378. The molecule has 6 nitrogen and oxygen atoms in total. The topological polar surface area (TPSA) is 78.5 Å². The van der Waals surface area contributed by atoms with Crippen molar-refractivity contribution in [3.05, 3.63) is 64.6 Å². The largest absolute Gasteiger partial charge is 0.465 e. The highest BCUT2D eigenvalue weighted by atomic mass is 16.5. The zero-order valence-electron chi connectivity index (χ0n) is 15.1. The van der Waals surface area contributed by atoms with E-state index in [0.717, 1.165) is 29.6 Å². The van der Waals surface area contributed by atoms with Crippen LogP contribution < -0.4 is 0 Å². The van der Waals surface area contributed by atoms with Crippen molar-refractivity contribution in [3.63, 3.8) is 0 Å². The number of nitrogens with zero attached hydrogens (tertiary/aromatic N) is 2. The molecule has 0 fully saturated rings. The molecule has 0 saturated carbocycles. The molecule has 1 unspecified atom stereocenters. The number of H-pyrrole nitrogens is 1. The minimum absolute atomic E-state index is 0.00856. The van der Waals surface area contributed by atoms with E-state index in [1.807, 2.05) is 6.07 Å². The highest BCUT2D eigenvalue weighted by Crippen LogP contribution is 2.45. The van der Waals surface area contributed by atoms with Crippen LogP contribution in [0.3, 0.4) is 0 Å². The number of pyridine rings is 1. The van der Waals surface area contributed by atoms with E-state index in [9.17, 15) is 9.90 Å². The predicted molar refractivity (Wildman–Crippen MR) is 101 cm³/mol. The Morgan fingerprint density at radius 2 is 2.19 bits per heavy atom. The zero-order valence-corrected chi connectivity index (χ0v) is 15.1. The van der Waals surface area contributed by atoms with Crippen molar-refractivity contribution in [1.82, 2.24) is 14.9 Å². The normalized spacial score (nSPS) is 21.4. The van der Waals surface area contributed by atoms with Gasteiger partial charge in [0.05, 0.1) is 31.4 Å². The first kappa shape index (κ1) is 16.5. The van der Waals surface area contributed by atoms with E-state index in [1.165, 1.54) is 23.8 Å². The number of carbonyl (C=O) groups is 1. The maximum atomic E-state index is 12.3. The maximum absolute atomic E-state index is 12.3. The summed E-state index contributed by atoms with van der Waals surface area (Å²) in [5.41, 5.74) is 6.04. The summed E-state index contributed by atoms with van der Waals surface area (Å²) in [4.78, 5) is 22.5. The van der Waals surface area contributed by atoms with Gasteiger partial charge >= 0.3 is 5.97 Å². The number of rotatable bonds is 2. The third-order valence-corrected chi connectivity index (χ3v) is 6.03. The Morgan fingerprint density at radius 1 is 1.33 bits per heavy atom. The second-order valence-corrected chi connectivity index (χ2v) is 7.22. The van der Waals surface area contributed by atoms with Crippen LogP contribution in [0.25, 0.3) is 10.9 Å². The summed E-state index contributed by atoms with van der Waals surface area (Å²) >= 11 is 0. The Morgan fingerprint density at radius 3 is 3.00 bits per heavy atom. The van der Waals surface area contributed by atoms with E-state index in [0.29, 0.717) is 12.0 Å². The van der Waals surface area contributed by atoms with Gasteiger partial charge in [0.15, 0.2) is 0 Å². The van der Waals surface area contributed by atoms with Crippen molar-refractivity contribution in [2.45, 2.75) is 24.9 Å². The van der Waals surface area contributed by atoms with Crippen molar-refractivity contribution >= 4 is 16.9 Å². The quantitative estimate of drug-likeness (QED) is 0.684. The van der Waals surface area contributed by atoms with Gasteiger partial charge in [-0.25, -0.2) is 4.79 Å². The molecule has 0 saturated heterocycles. The van der Waals surface area contributed by atoms with Gasteiger partial charge in [0.2, 0.25) is 0 Å². The van der Waals surface area contributed by atoms with Crippen LogP contribution in [-0.4, -0.2) is 46.2 Å². The van der Waals surface area contributed by atoms with Crippen LogP contribution >= 0.6 is 0 Å². The third-order valence-electron chi connectivity index (χ3n) is 6.03. The summed E-state index contributed by atoms with van der Waals surface area (Å²) in [6.45, 7) is 0.859. The fourth-order valence-electron chi connectivity index (χ4n) is 4.81. The summed E-state index contributed by atoms with van der Waals surface area (Å²) in [6.07, 6.45) is 4.98. The van der Waals surface area contributed by atoms with Crippen molar-refractivity contribution in [2.75, 3.05) is 20.3 Å². The molecule has 138 valence electrons. The maximum Gasteiger partial charge on any atom is 0.339 e. The molecule has 0 aliphatic carbocycles. The minimum atomic E-state index is -0.378. The number of aliphatic hydroxyl groups excluding tert-OH is 1. The molecule has 0 spiro atoms. The first-order valence-electron chi connectivity index (χ1n) is 9.24. The smallest absolute Gasteiger partial charge is 0.339 e. The number of carbonyl (C=O) groups excluding carboxylic acids is 1. The molecule has 4 heterocycles. The van der Waals surface area contributed by atoms with Gasteiger partial charge < -0.3 is 14.8 Å². The lowest BCUT2D eigenvalue weighted by molar-refractivity contribution is 0.0553. The number of aromatic amines is 1. The molecule has 2 aliphatic heterocycles. The number of methoxy groups -OCH3 is 1. The molecule has 3 aromatic rings. The van der Waals surface area contributed by atoms with E-state index in [-0.39, 0.29) is 24.7 Å². The lowest BCUT2D eigenvalue weighted by atomic mass is 9.82. The van der Waals surface area contributed by atoms with E-state index in [2.05, 4.69) is 33.1 Å².